The summed E-state index contributed by atoms with van der Waals surface area (Å²) in [5.41, 5.74) is 2.64. The van der Waals surface area contributed by atoms with Gasteiger partial charge in [0.2, 0.25) is 0 Å². The highest BCUT2D eigenvalue weighted by atomic mass is 16.3. The van der Waals surface area contributed by atoms with Crippen LogP contribution in [0.3, 0.4) is 0 Å². The minimum atomic E-state index is -0.0538. The lowest BCUT2D eigenvalue weighted by atomic mass is 9.83. The molecule has 0 radical (unpaired) electrons. The monoisotopic (exact) mass is 246 g/mol. The summed E-state index contributed by atoms with van der Waals surface area (Å²) >= 11 is 0. The Balaban J connectivity index is 2.75. The molecule has 1 aromatic carbocycles. The van der Waals surface area contributed by atoms with Crippen LogP contribution in [-0.4, -0.2) is 18.3 Å². The molecule has 0 bridgehead atoms. The van der Waals surface area contributed by atoms with Crippen LogP contribution < -0.4 is 5.32 Å². The zero-order valence-corrected chi connectivity index (χ0v) is 11.5. The van der Waals surface area contributed by atoms with Crippen LogP contribution in [0.4, 0.5) is 5.69 Å². The van der Waals surface area contributed by atoms with Gasteiger partial charge in [-0.2, -0.15) is 5.26 Å². The fourth-order valence-electron chi connectivity index (χ4n) is 1.97. The molecule has 0 unspecified atom stereocenters. The first kappa shape index (κ1) is 14.5. The lowest BCUT2D eigenvalue weighted by Crippen LogP contribution is -2.32. The van der Waals surface area contributed by atoms with Crippen LogP contribution in [0.1, 0.15) is 37.8 Å². The Bertz CT molecular complexity index is 422. The Morgan fingerprint density at radius 2 is 2.00 bits per heavy atom. The van der Waals surface area contributed by atoms with Gasteiger partial charge in [0.05, 0.1) is 18.2 Å². The van der Waals surface area contributed by atoms with Crippen molar-refractivity contribution in [3.8, 4) is 6.07 Å². The minimum absolute atomic E-state index is 0.0538. The van der Waals surface area contributed by atoms with Gasteiger partial charge in [0, 0.05) is 17.6 Å². The molecule has 0 saturated heterocycles. The lowest BCUT2D eigenvalue weighted by molar-refractivity contribution is 0.127. The van der Waals surface area contributed by atoms with Crippen molar-refractivity contribution in [2.75, 3.05) is 18.5 Å². The van der Waals surface area contributed by atoms with E-state index in [0.717, 1.165) is 30.6 Å². The summed E-state index contributed by atoms with van der Waals surface area (Å²) in [6.45, 7) is 7.09. The Hall–Kier alpha value is -1.53. The van der Waals surface area contributed by atoms with Crippen molar-refractivity contribution in [3.63, 3.8) is 0 Å². The van der Waals surface area contributed by atoms with E-state index in [-0.39, 0.29) is 12.0 Å². The molecule has 2 N–H and O–H groups in total. The van der Waals surface area contributed by atoms with Gasteiger partial charge in [0.15, 0.2) is 0 Å². The summed E-state index contributed by atoms with van der Waals surface area (Å²) in [6, 6.07) is 7.88. The van der Waals surface area contributed by atoms with Gasteiger partial charge < -0.3 is 10.4 Å². The average Bonchev–Trinajstić information content (AvgIpc) is 2.41. The molecule has 0 amide bonds. The molecule has 0 aliphatic heterocycles. The second-order valence-electron chi connectivity index (χ2n) is 4.86. The van der Waals surface area contributed by atoms with E-state index < -0.39 is 0 Å². The smallest absolute Gasteiger partial charge is 0.0994 e. The number of hydrogen-bond acceptors (Lipinski definition) is 3. The van der Waals surface area contributed by atoms with Gasteiger partial charge in [-0.15, -0.1) is 0 Å². The quantitative estimate of drug-likeness (QED) is 0.811. The number of nitrogens with zero attached hydrogens (tertiary/aromatic N) is 1. The molecular formula is C15H22N2O. The van der Waals surface area contributed by atoms with Crippen molar-refractivity contribution < 1.29 is 5.11 Å². The van der Waals surface area contributed by atoms with Gasteiger partial charge >= 0.3 is 0 Å². The third kappa shape index (κ3) is 3.24. The van der Waals surface area contributed by atoms with Gasteiger partial charge in [-0.05, 0) is 43.5 Å². The summed E-state index contributed by atoms with van der Waals surface area (Å²) < 4.78 is 0. The average molecular weight is 246 g/mol. The van der Waals surface area contributed by atoms with E-state index in [2.05, 4.69) is 25.2 Å². The molecule has 1 aromatic rings. The standard InChI is InChI=1S/C15H22N2O/c1-4-15(5-2,11-18)10-17-14-7-6-13(9-16)12(3)8-14/h6-8,17-18H,4-5,10-11H2,1-3H3. The summed E-state index contributed by atoms with van der Waals surface area (Å²) in [7, 11) is 0. The van der Waals surface area contributed by atoms with E-state index in [1.807, 2.05) is 25.1 Å². The zero-order valence-electron chi connectivity index (χ0n) is 11.5. The van der Waals surface area contributed by atoms with E-state index in [1.54, 1.807) is 0 Å². The predicted molar refractivity (Wildman–Crippen MR) is 74.5 cm³/mol. The molecule has 0 atom stereocenters. The fraction of sp³-hybridized carbons (Fsp3) is 0.533. The third-order valence-corrected chi connectivity index (χ3v) is 3.85. The zero-order chi connectivity index (χ0) is 13.6. The van der Waals surface area contributed by atoms with Crippen LogP contribution in [0, 0.1) is 23.7 Å². The molecule has 3 heteroatoms. The molecule has 0 saturated carbocycles. The van der Waals surface area contributed by atoms with Gasteiger partial charge in [0.25, 0.3) is 0 Å². The largest absolute Gasteiger partial charge is 0.396 e. The van der Waals surface area contributed by atoms with Crippen LogP contribution in [0.5, 0.6) is 0 Å². The molecule has 18 heavy (non-hydrogen) atoms. The van der Waals surface area contributed by atoms with E-state index in [9.17, 15) is 5.11 Å². The first-order valence-electron chi connectivity index (χ1n) is 6.46. The second-order valence-corrected chi connectivity index (χ2v) is 4.86. The van der Waals surface area contributed by atoms with Crippen LogP contribution >= 0.6 is 0 Å². The van der Waals surface area contributed by atoms with Crippen molar-refractivity contribution >= 4 is 5.69 Å². The highest BCUT2D eigenvalue weighted by Crippen LogP contribution is 2.26. The van der Waals surface area contributed by atoms with E-state index in [1.165, 1.54) is 0 Å². The SMILES string of the molecule is CCC(CC)(CO)CNc1ccc(C#N)c(C)c1. The van der Waals surface area contributed by atoms with Crippen LogP contribution in [0.2, 0.25) is 0 Å². The normalized spacial score (nSPS) is 11.1. The Morgan fingerprint density at radius 1 is 1.33 bits per heavy atom. The Labute approximate surface area is 109 Å². The number of aliphatic hydroxyl groups is 1. The molecule has 3 nitrogen and oxygen atoms in total. The molecule has 0 heterocycles. The van der Waals surface area contributed by atoms with E-state index >= 15 is 0 Å². The van der Waals surface area contributed by atoms with Crippen molar-refractivity contribution in [2.45, 2.75) is 33.6 Å². The van der Waals surface area contributed by atoms with Crippen molar-refractivity contribution in [1.82, 2.24) is 0 Å². The van der Waals surface area contributed by atoms with E-state index in [4.69, 9.17) is 5.26 Å². The second kappa shape index (κ2) is 6.42. The van der Waals surface area contributed by atoms with Crippen molar-refractivity contribution in [1.29, 1.82) is 5.26 Å². The third-order valence-electron chi connectivity index (χ3n) is 3.85. The van der Waals surface area contributed by atoms with E-state index in [0.29, 0.717) is 5.56 Å². The van der Waals surface area contributed by atoms with Gasteiger partial charge in [-0.25, -0.2) is 0 Å². The number of nitrogens with one attached hydrogen (secondary N) is 1. The van der Waals surface area contributed by atoms with Crippen molar-refractivity contribution in [2.24, 2.45) is 5.41 Å². The number of rotatable bonds is 6. The first-order chi connectivity index (χ1) is 8.60. The molecule has 0 aromatic heterocycles. The number of anilines is 1. The Morgan fingerprint density at radius 3 is 2.44 bits per heavy atom. The highest BCUT2D eigenvalue weighted by Gasteiger charge is 2.24. The predicted octanol–water partition coefficient (Wildman–Crippen LogP) is 3.08. The summed E-state index contributed by atoms with van der Waals surface area (Å²) in [5, 5.41) is 21.7. The molecule has 1 rings (SSSR count). The van der Waals surface area contributed by atoms with Gasteiger partial charge in [0.1, 0.15) is 0 Å². The summed E-state index contributed by atoms with van der Waals surface area (Å²) in [6.07, 6.45) is 1.89. The fourth-order valence-corrected chi connectivity index (χ4v) is 1.97. The Kier molecular flexibility index (Phi) is 5.18. The molecular weight excluding hydrogens is 224 g/mol. The number of hydrogen-bond donors (Lipinski definition) is 2. The maximum Gasteiger partial charge on any atom is 0.0994 e. The molecule has 98 valence electrons. The maximum absolute atomic E-state index is 9.51. The van der Waals surface area contributed by atoms with Gasteiger partial charge in [-0.1, -0.05) is 13.8 Å². The van der Waals surface area contributed by atoms with Crippen molar-refractivity contribution in [3.05, 3.63) is 29.3 Å². The lowest BCUT2D eigenvalue weighted by Gasteiger charge is -2.30. The first-order valence-corrected chi connectivity index (χ1v) is 6.46. The molecule has 0 aliphatic carbocycles. The molecule has 0 fully saturated rings. The summed E-state index contributed by atoms with van der Waals surface area (Å²) in [4.78, 5) is 0. The van der Waals surface area contributed by atoms with Crippen LogP contribution in [0.25, 0.3) is 0 Å². The maximum atomic E-state index is 9.51. The minimum Gasteiger partial charge on any atom is -0.396 e. The molecule has 0 aliphatic rings. The topological polar surface area (TPSA) is 56.0 Å². The number of aliphatic hydroxyl groups excluding tert-OH is 1. The van der Waals surface area contributed by atoms with Crippen LogP contribution in [-0.2, 0) is 0 Å². The summed E-state index contributed by atoms with van der Waals surface area (Å²) in [5.74, 6) is 0. The number of benzene rings is 1. The van der Waals surface area contributed by atoms with Crippen LogP contribution in [0.15, 0.2) is 18.2 Å². The van der Waals surface area contributed by atoms with Gasteiger partial charge in [-0.3, -0.25) is 0 Å². The highest BCUT2D eigenvalue weighted by molar-refractivity contribution is 5.51. The number of aryl methyl sites for hydroxylation is 1. The molecule has 0 spiro atoms. The number of nitriles is 1.